The molecule has 1 atom stereocenters. The zero-order valence-corrected chi connectivity index (χ0v) is 12.8. The minimum Gasteiger partial charge on any atom is -0.497 e. The normalized spacial score (nSPS) is 11.4. The number of methoxy groups -OCH3 is 2. The molecular weight excluding hydrogens is 274 g/mol. The lowest BCUT2D eigenvalue weighted by Gasteiger charge is -2.12. The van der Waals surface area contributed by atoms with Gasteiger partial charge in [-0.15, -0.1) is 0 Å². The number of nitrogens with one attached hydrogen (secondary N) is 1. The Kier molecular flexibility index (Phi) is 6.52. The highest BCUT2D eigenvalue weighted by Crippen LogP contribution is 2.25. The summed E-state index contributed by atoms with van der Waals surface area (Å²) < 4.78 is 15.1. The van der Waals surface area contributed by atoms with Crippen molar-refractivity contribution in [3.63, 3.8) is 0 Å². The maximum atomic E-state index is 12.0. The fourth-order valence-electron chi connectivity index (χ4n) is 1.59. The maximum Gasteiger partial charge on any atom is 0.342 e. The van der Waals surface area contributed by atoms with Crippen LogP contribution in [0.4, 0.5) is 0 Å². The highest BCUT2D eigenvalue weighted by atomic mass is 16.5. The molecule has 21 heavy (non-hydrogen) atoms. The number of benzene rings is 1. The van der Waals surface area contributed by atoms with Gasteiger partial charge in [0, 0.05) is 12.1 Å². The van der Waals surface area contributed by atoms with Crippen LogP contribution in [0.3, 0.4) is 0 Å². The number of amides is 1. The molecule has 0 aliphatic heterocycles. The SMILES string of the molecule is CC[C@@H](C)NC(=O)COC(=O)c1ccc(OC)cc1OC. The van der Waals surface area contributed by atoms with E-state index in [1.807, 2.05) is 13.8 Å². The topological polar surface area (TPSA) is 73.9 Å². The summed E-state index contributed by atoms with van der Waals surface area (Å²) in [5.41, 5.74) is 0.245. The Morgan fingerprint density at radius 3 is 2.52 bits per heavy atom. The van der Waals surface area contributed by atoms with Crippen molar-refractivity contribution in [1.82, 2.24) is 5.32 Å². The third-order valence-corrected chi connectivity index (χ3v) is 2.98. The molecule has 1 aromatic rings. The number of carbonyl (C=O) groups excluding carboxylic acids is 2. The lowest BCUT2D eigenvalue weighted by Crippen LogP contribution is -2.35. The molecule has 0 bridgehead atoms. The summed E-state index contributed by atoms with van der Waals surface area (Å²) in [5, 5.41) is 2.72. The Bertz CT molecular complexity index is 501. The molecule has 0 aliphatic rings. The van der Waals surface area contributed by atoms with Gasteiger partial charge < -0.3 is 19.5 Å². The van der Waals surface area contributed by atoms with Gasteiger partial charge in [-0.3, -0.25) is 4.79 Å². The van der Waals surface area contributed by atoms with E-state index in [4.69, 9.17) is 14.2 Å². The van der Waals surface area contributed by atoms with Gasteiger partial charge in [0.25, 0.3) is 5.91 Å². The van der Waals surface area contributed by atoms with Gasteiger partial charge in [0.1, 0.15) is 17.1 Å². The lowest BCUT2D eigenvalue weighted by atomic mass is 10.2. The first kappa shape index (κ1) is 16.8. The van der Waals surface area contributed by atoms with E-state index in [0.717, 1.165) is 6.42 Å². The van der Waals surface area contributed by atoms with E-state index in [1.165, 1.54) is 20.3 Å². The average Bonchev–Trinajstić information content (AvgIpc) is 2.51. The van der Waals surface area contributed by atoms with Gasteiger partial charge in [0.2, 0.25) is 0 Å². The largest absolute Gasteiger partial charge is 0.497 e. The van der Waals surface area contributed by atoms with Crippen LogP contribution in [0.25, 0.3) is 0 Å². The van der Waals surface area contributed by atoms with Crippen molar-refractivity contribution in [3.8, 4) is 11.5 Å². The Morgan fingerprint density at radius 2 is 1.95 bits per heavy atom. The van der Waals surface area contributed by atoms with Crippen LogP contribution in [0.5, 0.6) is 11.5 Å². The van der Waals surface area contributed by atoms with Gasteiger partial charge in [0.05, 0.1) is 14.2 Å². The molecule has 1 amide bonds. The highest BCUT2D eigenvalue weighted by Gasteiger charge is 2.16. The molecule has 6 heteroatoms. The summed E-state index contributed by atoms with van der Waals surface area (Å²) >= 11 is 0. The van der Waals surface area contributed by atoms with Gasteiger partial charge >= 0.3 is 5.97 Å². The second kappa shape index (κ2) is 8.14. The molecule has 116 valence electrons. The molecule has 0 fully saturated rings. The zero-order valence-electron chi connectivity index (χ0n) is 12.8. The van der Waals surface area contributed by atoms with Gasteiger partial charge in [-0.05, 0) is 25.5 Å². The Labute approximate surface area is 124 Å². The van der Waals surface area contributed by atoms with Gasteiger partial charge in [-0.25, -0.2) is 4.79 Å². The van der Waals surface area contributed by atoms with Crippen LogP contribution in [0.15, 0.2) is 18.2 Å². The Hall–Kier alpha value is -2.24. The molecule has 0 radical (unpaired) electrons. The quantitative estimate of drug-likeness (QED) is 0.776. The second-order valence-electron chi connectivity index (χ2n) is 4.52. The summed E-state index contributed by atoms with van der Waals surface area (Å²) in [4.78, 5) is 23.5. The van der Waals surface area contributed by atoms with Crippen molar-refractivity contribution in [2.45, 2.75) is 26.3 Å². The zero-order chi connectivity index (χ0) is 15.8. The van der Waals surface area contributed by atoms with Crippen molar-refractivity contribution in [2.24, 2.45) is 0 Å². The first-order valence-corrected chi connectivity index (χ1v) is 6.70. The number of hydrogen-bond acceptors (Lipinski definition) is 5. The summed E-state index contributed by atoms with van der Waals surface area (Å²) in [6, 6.07) is 4.78. The number of esters is 1. The average molecular weight is 295 g/mol. The molecule has 1 aromatic carbocycles. The van der Waals surface area contributed by atoms with E-state index < -0.39 is 5.97 Å². The summed E-state index contributed by atoms with van der Waals surface area (Å²) in [6.45, 7) is 3.52. The molecular formula is C15H21NO5. The van der Waals surface area contributed by atoms with Crippen molar-refractivity contribution in [2.75, 3.05) is 20.8 Å². The van der Waals surface area contributed by atoms with Crippen LogP contribution in [0, 0.1) is 0 Å². The predicted octanol–water partition coefficient (Wildman–Crippen LogP) is 1.78. The van der Waals surface area contributed by atoms with Gasteiger partial charge in [0.15, 0.2) is 6.61 Å². The highest BCUT2D eigenvalue weighted by molar-refractivity contribution is 5.94. The molecule has 0 aromatic heterocycles. The first-order valence-electron chi connectivity index (χ1n) is 6.70. The Morgan fingerprint density at radius 1 is 1.24 bits per heavy atom. The minimum atomic E-state index is -0.617. The fourth-order valence-corrected chi connectivity index (χ4v) is 1.59. The fraction of sp³-hybridized carbons (Fsp3) is 0.467. The molecule has 0 saturated heterocycles. The molecule has 0 unspecified atom stereocenters. The molecule has 0 aliphatic carbocycles. The number of ether oxygens (including phenoxy) is 3. The molecule has 1 N–H and O–H groups in total. The first-order chi connectivity index (χ1) is 10.0. The van der Waals surface area contributed by atoms with E-state index in [2.05, 4.69) is 5.32 Å². The summed E-state index contributed by atoms with van der Waals surface area (Å²) in [6.07, 6.45) is 0.811. The third kappa shape index (κ3) is 4.98. The number of rotatable bonds is 7. The monoisotopic (exact) mass is 295 g/mol. The van der Waals surface area contributed by atoms with E-state index in [0.29, 0.717) is 11.5 Å². The molecule has 0 heterocycles. The second-order valence-corrected chi connectivity index (χ2v) is 4.52. The summed E-state index contributed by atoms with van der Waals surface area (Å²) in [5.74, 6) is -0.0430. The number of hydrogen-bond donors (Lipinski definition) is 1. The van der Waals surface area contributed by atoms with Crippen LogP contribution in [0.1, 0.15) is 30.6 Å². The van der Waals surface area contributed by atoms with Crippen LogP contribution in [-0.2, 0) is 9.53 Å². The number of carbonyl (C=O) groups is 2. The van der Waals surface area contributed by atoms with E-state index in [1.54, 1.807) is 12.1 Å². The van der Waals surface area contributed by atoms with Crippen molar-refractivity contribution in [1.29, 1.82) is 0 Å². The molecule has 0 saturated carbocycles. The smallest absolute Gasteiger partial charge is 0.342 e. The molecule has 1 rings (SSSR count). The van der Waals surface area contributed by atoms with Crippen LogP contribution in [0.2, 0.25) is 0 Å². The van der Waals surface area contributed by atoms with Crippen LogP contribution < -0.4 is 14.8 Å². The predicted molar refractivity (Wildman–Crippen MR) is 77.7 cm³/mol. The van der Waals surface area contributed by atoms with Gasteiger partial charge in [-0.2, -0.15) is 0 Å². The minimum absolute atomic E-state index is 0.0479. The third-order valence-electron chi connectivity index (χ3n) is 2.98. The van der Waals surface area contributed by atoms with Gasteiger partial charge in [-0.1, -0.05) is 6.92 Å². The lowest BCUT2D eigenvalue weighted by molar-refractivity contribution is -0.124. The molecule has 0 spiro atoms. The van der Waals surface area contributed by atoms with Crippen molar-refractivity contribution in [3.05, 3.63) is 23.8 Å². The summed E-state index contributed by atoms with van der Waals surface area (Å²) in [7, 11) is 2.97. The van der Waals surface area contributed by atoms with E-state index in [-0.39, 0.29) is 24.1 Å². The van der Waals surface area contributed by atoms with Crippen molar-refractivity contribution >= 4 is 11.9 Å². The maximum absolute atomic E-state index is 12.0. The van der Waals surface area contributed by atoms with Crippen LogP contribution in [-0.4, -0.2) is 38.7 Å². The Balaban J connectivity index is 2.65. The van der Waals surface area contributed by atoms with Crippen molar-refractivity contribution < 1.29 is 23.8 Å². The van der Waals surface area contributed by atoms with E-state index in [9.17, 15) is 9.59 Å². The molecule has 6 nitrogen and oxygen atoms in total. The van der Waals surface area contributed by atoms with E-state index >= 15 is 0 Å². The standard InChI is InChI=1S/C15H21NO5/c1-5-10(2)16-14(17)9-21-15(18)12-7-6-11(19-3)8-13(12)20-4/h6-8,10H,5,9H2,1-4H3,(H,16,17)/t10-/m1/s1. The van der Waals surface area contributed by atoms with Crippen LogP contribution >= 0.6 is 0 Å².